The van der Waals surface area contributed by atoms with E-state index in [4.69, 9.17) is 0 Å². The Morgan fingerprint density at radius 2 is 2.57 bits per heavy atom. The third-order valence-electron chi connectivity index (χ3n) is 2.42. The van der Waals surface area contributed by atoms with Crippen molar-refractivity contribution in [1.29, 1.82) is 0 Å². The Hall–Kier alpha value is -0.980. The maximum absolute atomic E-state index is 11.1. The molecule has 0 aromatic carbocycles. The van der Waals surface area contributed by atoms with Crippen LogP contribution in [-0.2, 0) is 9.63 Å². The molecule has 2 rings (SSSR count). The van der Waals surface area contributed by atoms with Gasteiger partial charge in [-0.05, 0) is 6.92 Å². The van der Waals surface area contributed by atoms with E-state index in [1.54, 1.807) is 16.7 Å². The van der Waals surface area contributed by atoms with Gasteiger partial charge < -0.3 is 9.74 Å². The van der Waals surface area contributed by atoms with Crippen molar-refractivity contribution in [2.75, 3.05) is 13.2 Å². The number of hydrogen-bond donors (Lipinski definition) is 0. The van der Waals surface area contributed by atoms with E-state index in [9.17, 15) is 14.9 Å². The molecule has 0 spiro atoms. The monoisotopic (exact) mass is 218 g/mol. The molecular formula is C7H10N2O4S. The highest BCUT2D eigenvalue weighted by atomic mass is 32.2. The second kappa shape index (κ2) is 3.01. The highest BCUT2D eigenvalue weighted by Crippen LogP contribution is 2.46. The van der Waals surface area contributed by atoms with Crippen LogP contribution in [0.25, 0.3) is 0 Å². The topological polar surface area (TPSA) is 72.7 Å². The Labute approximate surface area is 84.7 Å². The molecule has 0 aromatic heterocycles. The van der Waals surface area contributed by atoms with E-state index < -0.39 is 5.09 Å². The zero-order valence-corrected chi connectivity index (χ0v) is 8.45. The molecule has 0 aromatic rings. The number of rotatable bonds is 3. The molecule has 0 aliphatic carbocycles. The van der Waals surface area contributed by atoms with Crippen molar-refractivity contribution >= 4 is 17.7 Å². The first-order chi connectivity index (χ1) is 6.50. The Morgan fingerprint density at radius 3 is 3.07 bits per heavy atom. The van der Waals surface area contributed by atoms with Gasteiger partial charge in [0.1, 0.15) is 6.61 Å². The van der Waals surface area contributed by atoms with Crippen molar-refractivity contribution < 1.29 is 14.7 Å². The molecule has 1 amide bonds. The van der Waals surface area contributed by atoms with Gasteiger partial charge in [-0.1, -0.05) is 0 Å². The molecule has 0 bridgehead atoms. The zero-order valence-electron chi connectivity index (χ0n) is 7.63. The number of fused-ring (bicyclic) bond motifs is 1. The fourth-order valence-electron chi connectivity index (χ4n) is 1.72. The molecule has 14 heavy (non-hydrogen) atoms. The van der Waals surface area contributed by atoms with Gasteiger partial charge in [-0.3, -0.25) is 4.79 Å². The van der Waals surface area contributed by atoms with Crippen LogP contribution in [0.4, 0.5) is 0 Å². The summed E-state index contributed by atoms with van der Waals surface area (Å²) in [7, 11) is 0. The molecule has 2 saturated heterocycles. The van der Waals surface area contributed by atoms with Crippen LogP contribution in [-0.4, -0.2) is 39.2 Å². The predicted molar refractivity (Wildman–Crippen MR) is 49.1 cm³/mol. The summed E-state index contributed by atoms with van der Waals surface area (Å²) < 4.78 is -0.329. The Balaban J connectivity index is 1.92. The predicted octanol–water partition coefficient (Wildman–Crippen LogP) is 0.259. The number of β-lactam (4-membered cyclic amide) rings is 1. The summed E-state index contributed by atoms with van der Waals surface area (Å²) in [5.74, 6) is 0.132. The highest BCUT2D eigenvalue weighted by molar-refractivity contribution is 8.01. The standard InChI is InChI=1S/C7H10N2O4S/c1-7(4-13-9(11)12)3-8-5(10)2-6(8)14-7/h6H,2-4H2,1H3/t6-,7?/m0/s1. The number of carbonyl (C=O) groups excluding carboxylic acids is 1. The maximum Gasteiger partial charge on any atom is 0.294 e. The Morgan fingerprint density at radius 1 is 1.86 bits per heavy atom. The zero-order chi connectivity index (χ0) is 10.3. The fraction of sp³-hybridized carbons (Fsp3) is 0.857. The molecule has 1 unspecified atom stereocenters. The van der Waals surface area contributed by atoms with Crippen LogP contribution < -0.4 is 0 Å². The fourth-order valence-corrected chi connectivity index (χ4v) is 3.25. The molecular weight excluding hydrogens is 208 g/mol. The van der Waals surface area contributed by atoms with Crippen LogP contribution in [0.2, 0.25) is 0 Å². The van der Waals surface area contributed by atoms with Crippen molar-refractivity contribution in [1.82, 2.24) is 4.90 Å². The second-order valence-electron chi connectivity index (χ2n) is 3.75. The lowest BCUT2D eigenvalue weighted by atomic mass is 10.1. The van der Waals surface area contributed by atoms with E-state index in [1.165, 1.54) is 0 Å². The highest BCUT2D eigenvalue weighted by Gasteiger charge is 2.50. The van der Waals surface area contributed by atoms with Crippen LogP contribution in [0.15, 0.2) is 0 Å². The van der Waals surface area contributed by atoms with Crippen molar-refractivity contribution in [3.8, 4) is 0 Å². The number of nitrogens with zero attached hydrogens (tertiary/aromatic N) is 2. The minimum absolute atomic E-state index is 0.0466. The number of hydrogen-bond acceptors (Lipinski definition) is 5. The molecule has 0 N–H and O–H groups in total. The lowest BCUT2D eigenvalue weighted by Crippen LogP contribution is -2.48. The van der Waals surface area contributed by atoms with E-state index in [1.807, 2.05) is 6.92 Å². The van der Waals surface area contributed by atoms with Crippen LogP contribution in [0.3, 0.4) is 0 Å². The van der Waals surface area contributed by atoms with Crippen molar-refractivity contribution in [2.24, 2.45) is 0 Å². The molecule has 0 saturated carbocycles. The maximum atomic E-state index is 11.1. The summed E-state index contributed by atoms with van der Waals surface area (Å²) in [4.78, 5) is 27.2. The minimum Gasteiger partial charge on any atom is -0.329 e. The van der Waals surface area contributed by atoms with Gasteiger partial charge in [0.25, 0.3) is 5.09 Å². The smallest absolute Gasteiger partial charge is 0.294 e. The average Bonchev–Trinajstić information content (AvgIpc) is 2.37. The minimum atomic E-state index is -0.789. The molecule has 2 aliphatic heterocycles. The third kappa shape index (κ3) is 1.52. The normalized spacial score (nSPS) is 35.1. The van der Waals surface area contributed by atoms with E-state index in [2.05, 4.69) is 4.84 Å². The van der Waals surface area contributed by atoms with Crippen molar-refractivity contribution in [3.63, 3.8) is 0 Å². The molecule has 78 valence electrons. The lowest BCUT2D eigenvalue weighted by Gasteiger charge is -2.32. The summed E-state index contributed by atoms with van der Waals surface area (Å²) in [6.45, 7) is 2.48. The van der Waals surface area contributed by atoms with E-state index in [0.29, 0.717) is 13.0 Å². The van der Waals surface area contributed by atoms with Gasteiger partial charge >= 0.3 is 0 Å². The van der Waals surface area contributed by atoms with E-state index >= 15 is 0 Å². The lowest BCUT2D eigenvalue weighted by molar-refractivity contribution is -0.758. The summed E-state index contributed by atoms with van der Waals surface area (Å²) >= 11 is 1.58. The van der Waals surface area contributed by atoms with Gasteiger partial charge in [0, 0.05) is 6.54 Å². The number of amides is 1. The third-order valence-corrected chi connectivity index (χ3v) is 3.93. The van der Waals surface area contributed by atoms with Crippen molar-refractivity contribution in [2.45, 2.75) is 23.5 Å². The summed E-state index contributed by atoms with van der Waals surface area (Å²) in [6.07, 6.45) is 0.554. The summed E-state index contributed by atoms with van der Waals surface area (Å²) in [6, 6.07) is 0. The first-order valence-electron chi connectivity index (χ1n) is 4.25. The molecule has 2 atom stereocenters. The summed E-state index contributed by atoms with van der Waals surface area (Å²) in [5, 5.41) is 9.46. The molecule has 2 heterocycles. The molecule has 2 aliphatic rings. The SMILES string of the molecule is CC1(CO[N+](=O)[O-])CN2C(=O)C[C@@H]2S1. The van der Waals surface area contributed by atoms with Gasteiger partial charge in [-0.25, -0.2) is 0 Å². The molecule has 2 fully saturated rings. The van der Waals surface area contributed by atoms with E-state index in [-0.39, 0.29) is 22.6 Å². The quantitative estimate of drug-likeness (QED) is 0.386. The number of thioether (sulfide) groups is 1. The van der Waals surface area contributed by atoms with Crippen LogP contribution in [0, 0.1) is 10.1 Å². The van der Waals surface area contributed by atoms with Gasteiger partial charge in [-0.2, -0.15) is 0 Å². The Kier molecular flexibility index (Phi) is 2.06. The average molecular weight is 218 g/mol. The first-order valence-corrected chi connectivity index (χ1v) is 5.13. The second-order valence-corrected chi connectivity index (χ2v) is 5.51. The van der Waals surface area contributed by atoms with Crippen LogP contribution in [0.1, 0.15) is 13.3 Å². The van der Waals surface area contributed by atoms with E-state index in [0.717, 1.165) is 0 Å². The van der Waals surface area contributed by atoms with Gasteiger partial charge in [-0.15, -0.1) is 21.9 Å². The molecule has 7 heteroatoms. The molecule has 0 radical (unpaired) electrons. The van der Waals surface area contributed by atoms with Crippen LogP contribution in [0.5, 0.6) is 0 Å². The number of carbonyl (C=O) groups is 1. The van der Waals surface area contributed by atoms with Gasteiger partial charge in [0.15, 0.2) is 0 Å². The molecule has 6 nitrogen and oxygen atoms in total. The first kappa shape index (κ1) is 9.57. The van der Waals surface area contributed by atoms with Gasteiger partial charge in [0.2, 0.25) is 5.91 Å². The van der Waals surface area contributed by atoms with Crippen LogP contribution >= 0.6 is 11.8 Å². The largest absolute Gasteiger partial charge is 0.329 e. The Bertz CT molecular complexity index is 297. The summed E-state index contributed by atoms with van der Waals surface area (Å²) in [5.41, 5.74) is 0. The van der Waals surface area contributed by atoms with Crippen molar-refractivity contribution in [3.05, 3.63) is 10.1 Å². The van der Waals surface area contributed by atoms with Gasteiger partial charge in [0.05, 0.1) is 16.5 Å².